The van der Waals surface area contributed by atoms with E-state index in [-0.39, 0.29) is 22.9 Å². The van der Waals surface area contributed by atoms with Crippen LogP contribution >= 0.6 is 23.5 Å². The molecule has 3 rings (SSSR count). The Hall–Kier alpha value is -2.50. The summed E-state index contributed by atoms with van der Waals surface area (Å²) in [5.41, 5.74) is 2.55. The third-order valence-corrected chi connectivity index (χ3v) is 6.98. The second kappa shape index (κ2) is 11.0. The Balaban J connectivity index is 1.37. The highest BCUT2D eigenvalue weighted by Crippen LogP contribution is 2.22. The second-order valence-electron chi connectivity index (χ2n) is 6.83. The van der Waals surface area contributed by atoms with Crippen molar-refractivity contribution in [2.24, 2.45) is 0 Å². The molecular formula is C22H22FN3O2S2. The van der Waals surface area contributed by atoms with E-state index in [1.807, 2.05) is 18.2 Å². The van der Waals surface area contributed by atoms with Crippen molar-refractivity contribution in [3.8, 4) is 6.07 Å². The van der Waals surface area contributed by atoms with Crippen molar-refractivity contribution in [2.75, 3.05) is 18.1 Å². The van der Waals surface area contributed by atoms with Crippen LogP contribution in [0.5, 0.6) is 0 Å². The second-order valence-corrected chi connectivity index (χ2v) is 9.17. The van der Waals surface area contributed by atoms with Crippen molar-refractivity contribution in [2.45, 2.75) is 23.5 Å². The van der Waals surface area contributed by atoms with Crippen LogP contribution in [-0.4, -0.2) is 41.2 Å². The van der Waals surface area contributed by atoms with Gasteiger partial charge in [-0.15, -0.1) is 11.8 Å². The van der Waals surface area contributed by atoms with Gasteiger partial charge in [0.05, 0.1) is 16.9 Å². The summed E-state index contributed by atoms with van der Waals surface area (Å²) in [6.45, 7) is 0.494. The lowest BCUT2D eigenvalue weighted by molar-refractivity contribution is -0.128. The molecule has 2 N–H and O–H groups in total. The van der Waals surface area contributed by atoms with Crippen LogP contribution in [0, 0.1) is 17.1 Å². The minimum Gasteiger partial charge on any atom is -0.353 e. The van der Waals surface area contributed by atoms with Gasteiger partial charge in [-0.05, 0) is 35.7 Å². The first-order valence-electron chi connectivity index (χ1n) is 9.56. The van der Waals surface area contributed by atoms with Crippen LogP contribution in [0.4, 0.5) is 4.39 Å². The molecule has 2 amide bonds. The normalized spacial score (nSPS) is 18.3. The highest BCUT2D eigenvalue weighted by Gasteiger charge is 2.32. The number of amides is 2. The molecule has 8 heteroatoms. The van der Waals surface area contributed by atoms with E-state index in [0.29, 0.717) is 35.8 Å². The number of hydrogen-bond acceptors (Lipinski definition) is 5. The van der Waals surface area contributed by atoms with E-state index in [9.17, 15) is 14.0 Å². The Kier molecular flexibility index (Phi) is 8.17. The zero-order valence-corrected chi connectivity index (χ0v) is 17.9. The minimum absolute atomic E-state index is 0.168. The van der Waals surface area contributed by atoms with Crippen LogP contribution in [0.3, 0.4) is 0 Å². The Labute approximate surface area is 183 Å². The summed E-state index contributed by atoms with van der Waals surface area (Å²) in [4.78, 5) is 24.7. The van der Waals surface area contributed by atoms with Gasteiger partial charge in [0.1, 0.15) is 11.9 Å². The van der Waals surface area contributed by atoms with E-state index in [4.69, 9.17) is 5.26 Å². The van der Waals surface area contributed by atoms with Gasteiger partial charge in [0.25, 0.3) is 0 Å². The number of rotatable bonds is 8. The molecule has 5 nitrogen and oxygen atoms in total. The molecular weight excluding hydrogens is 421 g/mol. The largest absolute Gasteiger partial charge is 0.353 e. The quantitative estimate of drug-likeness (QED) is 0.613. The van der Waals surface area contributed by atoms with Gasteiger partial charge < -0.3 is 10.6 Å². The molecule has 2 atom stereocenters. The molecule has 1 fully saturated rings. The van der Waals surface area contributed by atoms with Crippen molar-refractivity contribution in [1.29, 1.82) is 5.26 Å². The average Bonchev–Trinajstić information content (AvgIpc) is 2.76. The maximum atomic E-state index is 13.0. The fourth-order valence-corrected chi connectivity index (χ4v) is 5.08. The van der Waals surface area contributed by atoms with E-state index in [1.165, 1.54) is 23.9 Å². The van der Waals surface area contributed by atoms with Crippen molar-refractivity contribution >= 4 is 35.3 Å². The number of benzene rings is 2. The van der Waals surface area contributed by atoms with Gasteiger partial charge in [-0.2, -0.15) is 17.0 Å². The van der Waals surface area contributed by atoms with Crippen LogP contribution < -0.4 is 10.6 Å². The molecule has 1 saturated heterocycles. The molecule has 0 bridgehead atoms. The van der Waals surface area contributed by atoms with Crippen molar-refractivity contribution in [1.82, 2.24) is 10.6 Å². The van der Waals surface area contributed by atoms with Gasteiger partial charge in [-0.3, -0.25) is 9.59 Å². The summed E-state index contributed by atoms with van der Waals surface area (Å²) in [6.07, 6.45) is 0.506. The predicted octanol–water partition coefficient (Wildman–Crippen LogP) is 2.89. The van der Waals surface area contributed by atoms with Gasteiger partial charge in [0.2, 0.25) is 11.8 Å². The maximum Gasteiger partial charge on any atom is 0.243 e. The molecule has 0 spiro atoms. The lowest BCUT2D eigenvalue weighted by Gasteiger charge is -2.28. The Bertz CT molecular complexity index is 931. The lowest BCUT2D eigenvalue weighted by Crippen LogP contribution is -2.54. The number of carbonyl (C=O) groups is 2. The zero-order valence-electron chi connectivity index (χ0n) is 16.3. The van der Waals surface area contributed by atoms with E-state index in [2.05, 4.69) is 16.7 Å². The summed E-state index contributed by atoms with van der Waals surface area (Å²) < 4.78 is 13.0. The highest BCUT2D eigenvalue weighted by atomic mass is 32.2. The smallest absolute Gasteiger partial charge is 0.243 e. The number of thioether (sulfide) groups is 2. The van der Waals surface area contributed by atoms with Gasteiger partial charge in [-0.25, -0.2) is 4.39 Å². The molecule has 0 aromatic heterocycles. The van der Waals surface area contributed by atoms with Crippen LogP contribution in [0.15, 0.2) is 48.5 Å². The molecule has 2 unspecified atom stereocenters. The summed E-state index contributed by atoms with van der Waals surface area (Å²) in [5, 5.41) is 14.5. The van der Waals surface area contributed by atoms with E-state index in [1.54, 1.807) is 30.0 Å². The average molecular weight is 444 g/mol. The molecule has 2 aromatic rings. The molecule has 1 aliphatic rings. The molecule has 1 aliphatic heterocycles. The Morgan fingerprint density at radius 2 is 2.03 bits per heavy atom. The van der Waals surface area contributed by atoms with E-state index in [0.717, 1.165) is 11.1 Å². The third-order valence-electron chi connectivity index (χ3n) is 4.66. The first-order valence-corrected chi connectivity index (χ1v) is 11.8. The van der Waals surface area contributed by atoms with E-state index < -0.39 is 6.04 Å². The lowest BCUT2D eigenvalue weighted by atomic mass is 10.1. The topological polar surface area (TPSA) is 82.0 Å². The summed E-state index contributed by atoms with van der Waals surface area (Å²) in [7, 11) is 0. The van der Waals surface area contributed by atoms with Crippen LogP contribution in [-0.2, 0) is 21.8 Å². The number of nitrogens with zero attached hydrogens (tertiary/aromatic N) is 1. The van der Waals surface area contributed by atoms with E-state index >= 15 is 0 Å². The molecule has 30 heavy (non-hydrogen) atoms. The van der Waals surface area contributed by atoms with Gasteiger partial charge in [0, 0.05) is 23.8 Å². The minimum atomic E-state index is -0.545. The molecule has 2 aromatic carbocycles. The Morgan fingerprint density at radius 1 is 1.27 bits per heavy atom. The number of hydrogen-bond donors (Lipinski definition) is 2. The summed E-state index contributed by atoms with van der Waals surface area (Å²) in [5.74, 6) is 1.27. The first kappa shape index (κ1) is 22.2. The third kappa shape index (κ3) is 6.25. The maximum absolute atomic E-state index is 13.0. The fraction of sp³-hybridized carbons (Fsp3) is 0.318. The van der Waals surface area contributed by atoms with Gasteiger partial charge in [-0.1, -0.05) is 30.3 Å². The van der Waals surface area contributed by atoms with Gasteiger partial charge in [0.15, 0.2) is 0 Å². The van der Waals surface area contributed by atoms with Crippen molar-refractivity contribution in [3.05, 3.63) is 71.0 Å². The number of nitrogens with one attached hydrogen (secondary N) is 2. The standard InChI is InChI=1S/C22H22FN3O2S2/c23-18-7-5-15(6-8-18)11-20-22(28)26-19(14-30-20)21(27)25-9-10-29-13-17-4-2-1-3-16(17)12-24/h1-8,19-20H,9-11,13-14H2,(H,25,27)(H,26,28). The van der Waals surface area contributed by atoms with Crippen LogP contribution in [0.25, 0.3) is 0 Å². The molecule has 0 radical (unpaired) electrons. The Morgan fingerprint density at radius 3 is 2.77 bits per heavy atom. The molecule has 0 aliphatic carbocycles. The summed E-state index contributed by atoms with van der Waals surface area (Å²) >= 11 is 3.09. The van der Waals surface area contributed by atoms with Crippen LogP contribution in [0.1, 0.15) is 16.7 Å². The molecule has 1 heterocycles. The highest BCUT2D eigenvalue weighted by molar-refractivity contribution is 8.00. The number of carbonyl (C=O) groups excluding carboxylic acids is 2. The van der Waals surface area contributed by atoms with Crippen LogP contribution in [0.2, 0.25) is 0 Å². The fourth-order valence-electron chi connectivity index (χ4n) is 3.03. The first-order chi connectivity index (χ1) is 14.6. The van der Waals surface area contributed by atoms with Crippen molar-refractivity contribution in [3.63, 3.8) is 0 Å². The summed E-state index contributed by atoms with van der Waals surface area (Å²) in [6, 6.07) is 15.2. The SMILES string of the molecule is N#Cc1ccccc1CSCCNC(=O)C1CSC(Cc2ccc(F)cc2)C(=O)N1. The van der Waals surface area contributed by atoms with Gasteiger partial charge >= 0.3 is 0 Å². The monoisotopic (exact) mass is 443 g/mol. The van der Waals surface area contributed by atoms with Crippen molar-refractivity contribution < 1.29 is 14.0 Å². The molecule has 0 saturated carbocycles. The number of nitriles is 1. The number of halogens is 1. The zero-order chi connectivity index (χ0) is 21.3. The predicted molar refractivity (Wildman–Crippen MR) is 119 cm³/mol. The molecule has 156 valence electrons.